The van der Waals surface area contributed by atoms with Crippen molar-refractivity contribution in [2.24, 2.45) is 0 Å². The number of hydrogen-bond donors (Lipinski definition) is 1. The van der Waals surface area contributed by atoms with Crippen LogP contribution >= 0.6 is 15.9 Å². The van der Waals surface area contributed by atoms with E-state index in [2.05, 4.69) is 53.1 Å². The molecule has 0 bridgehead atoms. The maximum absolute atomic E-state index is 5.86. The summed E-state index contributed by atoms with van der Waals surface area (Å²) in [6, 6.07) is 6.29. The average Bonchev–Trinajstić information content (AvgIpc) is 2.85. The van der Waals surface area contributed by atoms with E-state index in [9.17, 15) is 0 Å². The highest BCUT2D eigenvalue weighted by atomic mass is 79.9. The van der Waals surface area contributed by atoms with Gasteiger partial charge in [-0.2, -0.15) is 0 Å². The molecule has 1 atom stereocenters. The van der Waals surface area contributed by atoms with Crippen molar-refractivity contribution in [3.05, 3.63) is 40.3 Å². The fourth-order valence-electron chi connectivity index (χ4n) is 1.96. The Kier molecular flexibility index (Phi) is 4.77. The summed E-state index contributed by atoms with van der Waals surface area (Å²) in [7, 11) is 0. The smallest absolute Gasteiger partial charge is 0.211 e. The van der Waals surface area contributed by atoms with Gasteiger partial charge in [-0.05, 0) is 50.6 Å². The van der Waals surface area contributed by atoms with Crippen LogP contribution in [-0.4, -0.2) is 11.5 Å². The van der Waals surface area contributed by atoms with E-state index in [0.29, 0.717) is 0 Å². The van der Waals surface area contributed by atoms with E-state index in [1.54, 1.807) is 6.20 Å². The van der Waals surface area contributed by atoms with Crippen LogP contribution in [0.4, 0.5) is 0 Å². The van der Waals surface area contributed by atoms with Gasteiger partial charge in [0.2, 0.25) is 5.89 Å². The highest BCUT2D eigenvalue weighted by Crippen LogP contribution is 2.28. The summed E-state index contributed by atoms with van der Waals surface area (Å²) >= 11 is 3.47. The molecule has 1 aromatic heterocycles. The standard InChI is InChI=1S/C15H19BrN2O/c1-4-7-17-11(3)15-18-9-14(19-15)13-6-5-12(16)8-10(13)2/h5-6,8-9,11,17H,4,7H2,1-3H3. The Morgan fingerprint density at radius 2 is 2.21 bits per heavy atom. The summed E-state index contributed by atoms with van der Waals surface area (Å²) in [5.74, 6) is 1.57. The molecular formula is C15H19BrN2O. The lowest BCUT2D eigenvalue weighted by Gasteiger charge is -2.08. The maximum atomic E-state index is 5.86. The van der Waals surface area contributed by atoms with Crippen molar-refractivity contribution in [1.29, 1.82) is 0 Å². The molecule has 0 aliphatic carbocycles. The Labute approximate surface area is 122 Å². The normalized spacial score (nSPS) is 12.6. The van der Waals surface area contributed by atoms with E-state index < -0.39 is 0 Å². The third kappa shape index (κ3) is 3.45. The van der Waals surface area contributed by atoms with Crippen LogP contribution in [0.3, 0.4) is 0 Å². The molecule has 1 aromatic carbocycles. The number of halogens is 1. The topological polar surface area (TPSA) is 38.1 Å². The van der Waals surface area contributed by atoms with Crippen LogP contribution in [-0.2, 0) is 0 Å². The third-order valence-corrected chi connectivity index (χ3v) is 3.54. The van der Waals surface area contributed by atoms with E-state index in [4.69, 9.17) is 4.42 Å². The monoisotopic (exact) mass is 322 g/mol. The highest BCUT2D eigenvalue weighted by molar-refractivity contribution is 9.10. The number of benzene rings is 1. The van der Waals surface area contributed by atoms with Gasteiger partial charge in [0.25, 0.3) is 0 Å². The molecule has 0 aliphatic heterocycles. The second-order valence-corrected chi connectivity index (χ2v) is 5.61. The Morgan fingerprint density at radius 1 is 1.42 bits per heavy atom. The van der Waals surface area contributed by atoms with E-state index in [0.717, 1.165) is 34.7 Å². The number of rotatable bonds is 5. The van der Waals surface area contributed by atoms with Crippen LogP contribution in [0.25, 0.3) is 11.3 Å². The van der Waals surface area contributed by atoms with Crippen LogP contribution in [0.5, 0.6) is 0 Å². The van der Waals surface area contributed by atoms with E-state index in [-0.39, 0.29) is 6.04 Å². The molecule has 4 heteroatoms. The molecule has 0 saturated carbocycles. The van der Waals surface area contributed by atoms with Gasteiger partial charge >= 0.3 is 0 Å². The number of aromatic nitrogens is 1. The van der Waals surface area contributed by atoms with Crippen LogP contribution in [0, 0.1) is 6.92 Å². The molecule has 1 heterocycles. The van der Waals surface area contributed by atoms with Gasteiger partial charge in [0.1, 0.15) is 0 Å². The van der Waals surface area contributed by atoms with Crippen molar-refractivity contribution in [2.75, 3.05) is 6.54 Å². The summed E-state index contributed by atoms with van der Waals surface area (Å²) in [4.78, 5) is 4.37. The first-order chi connectivity index (χ1) is 9.11. The van der Waals surface area contributed by atoms with Crippen molar-refractivity contribution in [3.8, 4) is 11.3 Å². The number of aryl methyl sites for hydroxylation is 1. The van der Waals surface area contributed by atoms with Gasteiger partial charge in [0.15, 0.2) is 5.76 Å². The average molecular weight is 323 g/mol. The molecule has 2 rings (SSSR count). The van der Waals surface area contributed by atoms with Gasteiger partial charge in [0, 0.05) is 10.0 Å². The first-order valence-corrected chi connectivity index (χ1v) is 7.36. The molecule has 0 fully saturated rings. The summed E-state index contributed by atoms with van der Waals surface area (Å²) in [5.41, 5.74) is 2.26. The minimum absolute atomic E-state index is 0.143. The maximum Gasteiger partial charge on any atom is 0.211 e. The molecule has 0 aliphatic rings. The van der Waals surface area contributed by atoms with Crippen molar-refractivity contribution in [3.63, 3.8) is 0 Å². The minimum atomic E-state index is 0.143. The van der Waals surface area contributed by atoms with Crippen molar-refractivity contribution in [2.45, 2.75) is 33.2 Å². The fraction of sp³-hybridized carbons (Fsp3) is 0.400. The molecule has 102 valence electrons. The summed E-state index contributed by atoms with van der Waals surface area (Å²) in [5, 5.41) is 3.37. The van der Waals surface area contributed by atoms with Crippen LogP contribution in [0.2, 0.25) is 0 Å². The number of oxazole rings is 1. The van der Waals surface area contributed by atoms with Crippen LogP contribution < -0.4 is 5.32 Å². The zero-order valence-electron chi connectivity index (χ0n) is 11.5. The van der Waals surface area contributed by atoms with Gasteiger partial charge in [-0.1, -0.05) is 22.9 Å². The van der Waals surface area contributed by atoms with Crippen molar-refractivity contribution >= 4 is 15.9 Å². The van der Waals surface area contributed by atoms with E-state index in [1.165, 1.54) is 5.56 Å². The minimum Gasteiger partial charge on any atom is -0.439 e. The first kappa shape index (κ1) is 14.3. The molecular weight excluding hydrogens is 304 g/mol. The first-order valence-electron chi connectivity index (χ1n) is 6.57. The predicted molar refractivity (Wildman–Crippen MR) is 81.1 cm³/mol. The van der Waals surface area contributed by atoms with Crippen molar-refractivity contribution < 1.29 is 4.42 Å². The number of nitrogens with zero attached hydrogens (tertiary/aromatic N) is 1. The Balaban J connectivity index is 2.20. The second kappa shape index (κ2) is 6.35. The zero-order valence-corrected chi connectivity index (χ0v) is 13.1. The number of nitrogens with one attached hydrogen (secondary N) is 1. The molecule has 2 aromatic rings. The van der Waals surface area contributed by atoms with Gasteiger partial charge in [-0.25, -0.2) is 4.98 Å². The largest absolute Gasteiger partial charge is 0.439 e. The Bertz CT molecular complexity index is 551. The van der Waals surface area contributed by atoms with Gasteiger partial charge in [0.05, 0.1) is 12.2 Å². The summed E-state index contributed by atoms with van der Waals surface area (Å²) < 4.78 is 6.94. The molecule has 0 saturated heterocycles. The fourth-order valence-corrected chi connectivity index (χ4v) is 2.44. The second-order valence-electron chi connectivity index (χ2n) is 4.70. The van der Waals surface area contributed by atoms with E-state index in [1.807, 2.05) is 12.1 Å². The molecule has 0 amide bonds. The van der Waals surface area contributed by atoms with Crippen LogP contribution in [0.15, 0.2) is 33.3 Å². The van der Waals surface area contributed by atoms with Gasteiger partial charge < -0.3 is 9.73 Å². The SMILES string of the molecule is CCCNC(C)c1ncc(-c2ccc(Br)cc2C)o1. The zero-order chi connectivity index (χ0) is 13.8. The highest BCUT2D eigenvalue weighted by Gasteiger charge is 2.13. The predicted octanol–water partition coefficient (Wildman–Crippen LogP) is 4.47. The lowest BCUT2D eigenvalue weighted by Crippen LogP contribution is -2.19. The Hall–Kier alpha value is -1.13. The van der Waals surface area contributed by atoms with E-state index >= 15 is 0 Å². The third-order valence-electron chi connectivity index (χ3n) is 3.05. The molecule has 19 heavy (non-hydrogen) atoms. The lowest BCUT2D eigenvalue weighted by atomic mass is 10.1. The van der Waals surface area contributed by atoms with Crippen molar-refractivity contribution in [1.82, 2.24) is 10.3 Å². The molecule has 3 nitrogen and oxygen atoms in total. The quantitative estimate of drug-likeness (QED) is 0.882. The molecule has 0 spiro atoms. The van der Waals surface area contributed by atoms with Gasteiger partial charge in [-0.3, -0.25) is 0 Å². The molecule has 1 N–H and O–H groups in total. The molecule has 0 radical (unpaired) electrons. The number of hydrogen-bond acceptors (Lipinski definition) is 3. The van der Waals surface area contributed by atoms with Gasteiger partial charge in [-0.15, -0.1) is 0 Å². The molecule has 1 unspecified atom stereocenters. The summed E-state index contributed by atoms with van der Waals surface area (Å²) in [6.07, 6.45) is 2.90. The Morgan fingerprint density at radius 3 is 2.89 bits per heavy atom. The van der Waals surface area contributed by atoms with Crippen LogP contribution in [0.1, 0.15) is 37.8 Å². The lowest BCUT2D eigenvalue weighted by molar-refractivity contribution is 0.423. The summed E-state index contributed by atoms with van der Waals surface area (Å²) in [6.45, 7) is 7.25.